The van der Waals surface area contributed by atoms with Crippen LogP contribution in [0.3, 0.4) is 0 Å². The second-order valence-electron chi connectivity index (χ2n) is 3.85. The molecule has 0 radical (unpaired) electrons. The predicted molar refractivity (Wildman–Crippen MR) is 60.4 cm³/mol. The van der Waals surface area contributed by atoms with E-state index in [9.17, 15) is 4.79 Å². The second kappa shape index (κ2) is 6.24. The molecule has 15 heavy (non-hydrogen) atoms. The van der Waals surface area contributed by atoms with Gasteiger partial charge in [0.15, 0.2) is 0 Å². The van der Waals surface area contributed by atoms with Crippen molar-refractivity contribution in [2.45, 2.75) is 32.9 Å². The fraction of sp³-hybridized carbons (Fsp3) is 0.545. The Hall–Kier alpha value is -1.29. The molecule has 1 heterocycles. The Bertz CT molecular complexity index is 280. The predicted octanol–water partition coefficient (Wildman–Crippen LogP) is 1.02. The molecule has 0 aliphatic heterocycles. The molecule has 1 aromatic heterocycles. The number of rotatable bonds is 6. The summed E-state index contributed by atoms with van der Waals surface area (Å²) in [5, 5.41) is 6.06. The zero-order chi connectivity index (χ0) is 11.1. The van der Waals surface area contributed by atoms with Gasteiger partial charge in [-0.1, -0.05) is 13.8 Å². The Kier molecular flexibility index (Phi) is 4.90. The van der Waals surface area contributed by atoms with Crippen molar-refractivity contribution in [2.75, 3.05) is 6.54 Å². The van der Waals surface area contributed by atoms with Gasteiger partial charge in [-0.2, -0.15) is 0 Å². The maximum absolute atomic E-state index is 11.4. The number of amides is 1. The van der Waals surface area contributed by atoms with Crippen molar-refractivity contribution >= 4 is 5.91 Å². The molecule has 1 aromatic rings. The van der Waals surface area contributed by atoms with Crippen LogP contribution >= 0.6 is 0 Å². The van der Waals surface area contributed by atoms with Crippen LogP contribution in [0.15, 0.2) is 18.5 Å². The zero-order valence-corrected chi connectivity index (χ0v) is 9.34. The van der Waals surface area contributed by atoms with Crippen molar-refractivity contribution in [3.05, 3.63) is 24.0 Å². The minimum atomic E-state index is 0.0874. The van der Waals surface area contributed by atoms with Gasteiger partial charge in [-0.25, -0.2) is 0 Å². The van der Waals surface area contributed by atoms with Gasteiger partial charge in [0.2, 0.25) is 5.91 Å². The molecular formula is C11H19N3O. The Morgan fingerprint density at radius 3 is 2.93 bits per heavy atom. The molecule has 0 bridgehead atoms. The Morgan fingerprint density at radius 2 is 2.33 bits per heavy atom. The van der Waals surface area contributed by atoms with Gasteiger partial charge in [-0.15, -0.1) is 0 Å². The smallest absolute Gasteiger partial charge is 0.221 e. The quantitative estimate of drug-likeness (QED) is 0.655. The maximum Gasteiger partial charge on any atom is 0.221 e. The fourth-order valence-electron chi connectivity index (χ4n) is 1.23. The van der Waals surface area contributed by atoms with Crippen molar-refractivity contribution in [3.8, 4) is 0 Å². The maximum atomic E-state index is 11.4. The summed E-state index contributed by atoms with van der Waals surface area (Å²) in [7, 11) is 0. The van der Waals surface area contributed by atoms with Crippen molar-refractivity contribution < 1.29 is 4.79 Å². The lowest BCUT2D eigenvalue weighted by Crippen LogP contribution is -2.30. The van der Waals surface area contributed by atoms with Crippen molar-refractivity contribution in [3.63, 3.8) is 0 Å². The van der Waals surface area contributed by atoms with E-state index in [1.807, 2.05) is 18.5 Å². The summed E-state index contributed by atoms with van der Waals surface area (Å²) in [6.45, 7) is 5.47. The van der Waals surface area contributed by atoms with Crippen LogP contribution in [-0.2, 0) is 11.3 Å². The molecule has 0 saturated heterocycles. The van der Waals surface area contributed by atoms with Gasteiger partial charge in [0.05, 0.1) is 0 Å². The lowest BCUT2D eigenvalue weighted by Gasteiger charge is -2.07. The molecule has 0 spiro atoms. The first-order valence-electron chi connectivity index (χ1n) is 5.30. The summed E-state index contributed by atoms with van der Waals surface area (Å²) in [5.74, 6) is 0.0874. The molecule has 0 fully saturated rings. The Morgan fingerprint density at radius 1 is 1.53 bits per heavy atom. The van der Waals surface area contributed by atoms with Crippen molar-refractivity contribution in [2.24, 2.45) is 0 Å². The van der Waals surface area contributed by atoms with E-state index in [1.165, 1.54) is 0 Å². The minimum absolute atomic E-state index is 0.0874. The molecule has 0 saturated carbocycles. The third-order valence-corrected chi connectivity index (χ3v) is 2.06. The van der Waals surface area contributed by atoms with Crippen molar-refractivity contribution in [1.29, 1.82) is 0 Å². The highest BCUT2D eigenvalue weighted by Crippen LogP contribution is 1.95. The van der Waals surface area contributed by atoms with Crippen LogP contribution in [0.25, 0.3) is 0 Å². The summed E-state index contributed by atoms with van der Waals surface area (Å²) in [4.78, 5) is 14.3. The van der Waals surface area contributed by atoms with Gasteiger partial charge in [0.25, 0.3) is 0 Å². The molecule has 0 aromatic carbocycles. The first-order valence-corrected chi connectivity index (χ1v) is 5.30. The lowest BCUT2D eigenvalue weighted by atomic mass is 10.3. The zero-order valence-electron chi connectivity index (χ0n) is 9.34. The summed E-state index contributed by atoms with van der Waals surface area (Å²) >= 11 is 0. The molecule has 1 rings (SSSR count). The number of hydrogen-bond acceptors (Lipinski definition) is 2. The molecule has 0 aliphatic carbocycles. The molecule has 4 heteroatoms. The standard InChI is InChI=1S/C11H19N3O/c1-9(2)13-6-4-11(15)14-8-10-3-5-12-7-10/h3,5,7,9,12-13H,4,6,8H2,1-2H3,(H,14,15). The molecule has 3 N–H and O–H groups in total. The van der Waals surface area contributed by atoms with E-state index in [0.29, 0.717) is 19.0 Å². The third-order valence-electron chi connectivity index (χ3n) is 2.06. The average molecular weight is 209 g/mol. The molecule has 0 aliphatic rings. The summed E-state index contributed by atoms with van der Waals surface area (Å²) in [5.41, 5.74) is 1.10. The molecule has 84 valence electrons. The van der Waals surface area contributed by atoms with E-state index in [2.05, 4.69) is 29.5 Å². The van der Waals surface area contributed by atoms with E-state index in [1.54, 1.807) is 0 Å². The molecule has 1 amide bonds. The Balaban J connectivity index is 2.09. The van der Waals surface area contributed by atoms with Crippen molar-refractivity contribution in [1.82, 2.24) is 15.6 Å². The van der Waals surface area contributed by atoms with E-state index in [-0.39, 0.29) is 5.91 Å². The third kappa shape index (κ3) is 5.22. The number of hydrogen-bond donors (Lipinski definition) is 3. The van der Waals surface area contributed by atoms with E-state index in [0.717, 1.165) is 12.1 Å². The molecule has 0 unspecified atom stereocenters. The first-order chi connectivity index (χ1) is 7.18. The van der Waals surface area contributed by atoms with Crippen LogP contribution in [0, 0.1) is 0 Å². The highest BCUT2D eigenvalue weighted by atomic mass is 16.1. The fourth-order valence-corrected chi connectivity index (χ4v) is 1.23. The van der Waals surface area contributed by atoms with E-state index < -0.39 is 0 Å². The van der Waals surface area contributed by atoms with Crippen LogP contribution in [0.4, 0.5) is 0 Å². The first kappa shape index (κ1) is 11.8. The second-order valence-corrected chi connectivity index (χ2v) is 3.85. The summed E-state index contributed by atoms with van der Waals surface area (Å²) in [6, 6.07) is 2.38. The minimum Gasteiger partial charge on any atom is -0.367 e. The largest absolute Gasteiger partial charge is 0.367 e. The highest BCUT2D eigenvalue weighted by molar-refractivity contribution is 5.76. The topological polar surface area (TPSA) is 56.9 Å². The van der Waals surface area contributed by atoms with Crippen LogP contribution in [0.1, 0.15) is 25.8 Å². The molecule has 0 atom stereocenters. The summed E-state index contributed by atoms with van der Waals surface area (Å²) in [6.07, 6.45) is 4.26. The average Bonchev–Trinajstić information content (AvgIpc) is 2.66. The van der Waals surface area contributed by atoms with Crippen LogP contribution < -0.4 is 10.6 Å². The van der Waals surface area contributed by atoms with Crippen LogP contribution in [-0.4, -0.2) is 23.5 Å². The van der Waals surface area contributed by atoms with Crippen LogP contribution in [0.2, 0.25) is 0 Å². The van der Waals surface area contributed by atoms with Crippen LogP contribution in [0.5, 0.6) is 0 Å². The lowest BCUT2D eigenvalue weighted by molar-refractivity contribution is -0.121. The number of nitrogens with one attached hydrogen (secondary N) is 3. The van der Waals surface area contributed by atoms with Gasteiger partial charge < -0.3 is 15.6 Å². The van der Waals surface area contributed by atoms with Gasteiger partial charge in [-0.05, 0) is 11.6 Å². The Labute approximate surface area is 90.5 Å². The molecular weight excluding hydrogens is 190 g/mol. The van der Waals surface area contributed by atoms with E-state index in [4.69, 9.17) is 0 Å². The molecule has 4 nitrogen and oxygen atoms in total. The number of carbonyl (C=O) groups excluding carboxylic acids is 1. The van der Waals surface area contributed by atoms with Gasteiger partial charge >= 0.3 is 0 Å². The summed E-state index contributed by atoms with van der Waals surface area (Å²) < 4.78 is 0. The van der Waals surface area contributed by atoms with Gasteiger partial charge in [0, 0.05) is 37.9 Å². The highest BCUT2D eigenvalue weighted by Gasteiger charge is 2.01. The number of H-pyrrole nitrogens is 1. The van der Waals surface area contributed by atoms with E-state index >= 15 is 0 Å². The monoisotopic (exact) mass is 209 g/mol. The normalized spacial score (nSPS) is 10.6. The van der Waals surface area contributed by atoms with Gasteiger partial charge in [0.1, 0.15) is 0 Å². The SMILES string of the molecule is CC(C)NCCC(=O)NCc1cc[nH]c1. The number of aromatic amines is 1. The van der Waals surface area contributed by atoms with Gasteiger partial charge in [-0.3, -0.25) is 4.79 Å². The number of carbonyl (C=O) groups is 1. The number of aromatic nitrogens is 1.